The second-order valence-electron chi connectivity index (χ2n) is 3.86. The van der Waals surface area contributed by atoms with Gasteiger partial charge in [0.2, 0.25) is 0 Å². The van der Waals surface area contributed by atoms with E-state index in [1.807, 2.05) is 13.8 Å². The zero-order valence-corrected chi connectivity index (χ0v) is 11.2. The van der Waals surface area contributed by atoms with Gasteiger partial charge in [-0.3, -0.25) is 4.21 Å². The number of hydrazine groups is 1. The van der Waals surface area contributed by atoms with Gasteiger partial charge in [0.1, 0.15) is 18.0 Å². The lowest BCUT2D eigenvalue weighted by Gasteiger charge is -2.12. The highest BCUT2D eigenvalue weighted by Gasteiger charge is 2.08. The van der Waals surface area contributed by atoms with E-state index in [1.54, 1.807) is 6.26 Å². The van der Waals surface area contributed by atoms with E-state index in [2.05, 4.69) is 20.7 Å². The molecule has 6 nitrogen and oxygen atoms in total. The number of nitrogens with one attached hydrogen (secondary N) is 2. The topological polar surface area (TPSA) is 92.9 Å². The SMILES string of the molecule is Cc1c(NN)ncnc1NCCC(C)S(C)=O. The first kappa shape index (κ1) is 13.9. The first-order valence-electron chi connectivity index (χ1n) is 5.40. The standard InChI is InChI=1S/C10H19N5OS/c1-7(17(3)16)4-5-12-9-8(2)10(15-11)14-6-13-9/h6-7H,4-5,11H2,1-3H3,(H2,12,13,14,15). The van der Waals surface area contributed by atoms with Gasteiger partial charge in [0, 0.05) is 34.4 Å². The van der Waals surface area contributed by atoms with Crippen LogP contribution in [0.1, 0.15) is 18.9 Å². The fraction of sp³-hybridized carbons (Fsp3) is 0.600. The third-order valence-electron chi connectivity index (χ3n) is 2.63. The monoisotopic (exact) mass is 257 g/mol. The maximum atomic E-state index is 11.2. The summed E-state index contributed by atoms with van der Waals surface area (Å²) in [5, 5.41) is 3.37. The van der Waals surface area contributed by atoms with Crippen LogP contribution in [0.2, 0.25) is 0 Å². The number of rotatable bonds is 6. The van der Waals surface area contributed by atoms with E-state index >= 15 is 0 Å². The molecule has 4 N–H and O–H groups in total. The summed E-state index contributed by atoms with van der Waals surface area (Å²) in [6.45, 7) is 4.58. The summed E-state index contributed by atoms with van der Waals surface area (Å²) in [6.07, 6.45) is 4.00. The molecular formula is C10H19N5OS. The molecule has 0 bridgehead atoms. The van der Waals surface area contributed by atoms with Gasteiger partial charge in [0.25, 0.3) is 0 Å². The second-order valence-corrected chi connectivity index (χ2v) is 5.67. The third kappa shape index (κ3) is 3.94. The zero-order valence-electron chi connectivity index (χ0n) is 10.4. The molecule has 0 aliphatic rings. The highest BCUT2D eigenvalue weighted by atomic mass is 32.2. The highest BCUT2D eigenvalue weighted by molar-refractivity contribution is 7.84. The molecule has 1 heterocycles. The lowest BCUT2D eigenvalue weighted by atomic mass is 10.3. The van der Waals surface area contributed by atoms with E-state index in [-0.39, 0.29) is 5.25 Å². The number of nitrogens with zero attached hydrogens (tertiary/aromatic N) is 2. The lowest BCUT2D eigenvalue weighted by Crippen LogP contribution is -2.17. The van der Waals surface area contributed by atoms with Crippen molar-refractivity contribution >= 4 is 22.4 Å². The molecule has 7 heteroatoms. The first-order valence-corrected chi connectivity index (χ1v) is 7.02. The molecule has 0 fully saturated rings. The Labute approximate surface area is 104 Å². The molecule has 0 aromatic carbocycles. The number of hydrogen-bond donors (Lipinski definition) is 3. The van der Waals surface area contributed by atoms with Crippen LogP contribution < -0.4 is 16.6 Å². The molecule has 1 rings (SSSR count). The van der Waals surface area contributed by atoms with Gasteiger partial charge in [0.15, 0.2) is 0 Å². The Hall–Kier alpha value is -1.21. The van der Waals surface area contributed by atoms with Crippen molar-refractivity contribution in [1.82, 2.24) is 9.97 Å². The van der Waals surface area contributed by atoms with Crippen molar-refractivity contribution in [1.29, 1.82) is 0 Å². The van der Waals surface area contributed by atoms with Crippen molar-refractivity contribution in [2.75, 3.05) is 23.5 Å². The molecule has 1 aromatic rings. The van der Waals surface area contributed by atoms with Crippen LogP contribution in [0.25, 0.3) is 0 Å². The summed E-state index contributed by atoms with van der Waals surface area (Å²) in [5.74, 6) is 6.69. The third-order valence-corrected chi connectivity index (χ3v) is 4.00. The van der Waals surface area contributed by atoms with Crippen molar-refractivity contribution in [2.45, 2.75) is 25.5 Å². The summed E-state index contributed by atoms with van der Waals surface area (Å²) >= 11 is 0. The fourth-order valence-corrected chi connectivity index (χ4v) is 1.78. The van der Waals surface area contributed by atoms with E-state index in [4.69, 9.17) is 5.84 Å². The van der Waals surface area contributed by atoms with Gasteiger partial charge in [-0.05, 0) is 13.3 Å². The van der Waals surface area contributed by atoms with E-state index in [1.165, 1.54) is 6.33 Å². The van der Waals surface area contributed by atoms with Gasteiger partial charge >= 0.3 is 0 Å². The van der Waals surface area contributed by atoms with Crippen LogP contribution in [0.5, 0.6) is 0 Å². The van der Waals surface area contributed by atoms with Crippen LogP contribution in [0, 0.1) is 6.92 Å². The molecule has 0 aliphatic carbocycles. The molecule has 0 radical (unpaired) electrons. The molecule has 96 valence electrons. The summed E-state index contributed by atoms with van der Waals surface area (Å²) in [4.78, 5) is 8.13. The Morgan fingerprint density at radius 2 is 2.12 bits per heavy atom. The Bertz CT molecular complexity index is 398. The molecule has 0 amide bonds. The molecule has 2 atom stereocenters. The fourth-order valence-electron chi connectivity index (χ4n) is 1.33. The minimum Gasteiger partial charge on any atom is -0.370 e. The molecular weight excluding hydrogens is 238 g/mol. The van der Waals surface area contributed by atoms with Gasteiger partial charge in [-0.25, -0.2) is 15.8 Å². The largest absolute Gasteiger partial charge is 0.370 e. The Morgan fingerprint density at radius 3 is 2.71 bits per heavy atom. The van der Waals surface area contributed by atoms with Crippen LogP contribution >= 0.6 is 0 Å². The van der Waals surface area contributed by atoms with Crippen LogP contribution in [0.4, 0.5) is 11.6 Å². The zero-order chi connectivity index (χ0) is 12.8. The summed E-state index contributed by atoms with van der Waals surface area (Å²) < 4.78 is 11.2. The predicted octanol–water partition coefficient (Wildman–Crippen LogP) is 0.640. The Kier molecular flexibility index (Phi) is 5.30. The Morgan fingerprint density at radius 1 is 1.47 bits per heavy atom. The number of aromatic nitrogens is 2. The average molecular weight is 257 g/mol. The maximum absolute atomic E-state index is 11.2. The summed E-state index contributed by atoms with van der Waals surface area (Å²) in [7, 11) is -0.785. The molecule has 0 saturated heterocycles. The first-order chi connectivity index (χ1) is 8.06. The van der Waals surface area contributed by atoms with Crippen molar-refractivity contribution in [3.05, 3.63) is 11.9 Å². The van der Waals surface area contributed by atoms with Gasteiger partial charge in [-0.1, -0.05) is 6.92 Å². The van der Waals surface area contributed by atoms with E-state index in [0.717, 1.165) is 24.3 Å². The van der Waals surface area contributed by atoms with Crippen LogP contribution in [0.15, 0.2) is 6.33 Å². The van der Waals surface area contributed by atoms with Gasteiger partial charge in [0.05, 0.1) is 0 Å². The summed E-state index contributed by atoms with van der Waals surface area (Å²) in [5.41, 5.74) is 3.39. The smallest absolute Gasteiger partial charge is 0.148 e. The Balaban J connectivity index is 2.55. The molecule has 2 unspecified atom stereocenters. The second kappa shape index (κ2) is 6.51. The molecule has 0 saturated carbocycles. The van der Waals surface area contributed by atoms with Crippen molar-refractivity contribution in [3.63, 3.8) is 0 Å². The summed E-state index contributed by atoms with van der Waals surface area (Å²) in [6, 6.07) is 0. The van der Waals surface area contributed by atoms with Crippen molar-refractivity contribution in [3.8, 4) is 0 Å². The van der Waals surface area contributed by atoms with Crippen molar-refractivity contribution in [2.24, 2.45) is 5.84 Å². The minimum atomic E-state index is -0.785. The number of hydrogen-bond acceptors (Lipinski definition) is 6. The van der Waals surface area contributed by atoms with E-state index in [0.29, 0.717) is 5.82 Å². The van der Waals surface area contributed by atoms with Crippen LogP contribution in [0.3, 0.4) is 0 Å². The maximum Gasteiger partial charge on any atom is 0.148 e. The lowest BCUT2D eigenvalue weighted by molar-refractivity contribution is 0.672. The highest BCUT2D eigenvalue weighted by Crippen LogP contribution is 2.16. The van der Waals surface area contributed by atoms with Gasteiger partial charge < -0.3 is 10.7 Å². The quantitative estimate of drug-likeness (QED) is 0.511. The van der Waals surface area contributed by atoms with E-state index in [9.17, 15) is 4.21 Å². The number of nitrogens with two attached hydrogens (primary N) is 1. The van der Waals surface area contributed by atoms with Gasteiger partial charge in [-0.2, -0.15) is 0 Å². The molecule has 0 aliphatic heterocycles. The molecule has 0 spiro atoms. The van der Waals surface area contributed by atoms with Gasteiger partial charge in [-0.15, -0.1) is 0 Å². The molecule has 1 aromatic heterocycles. The average Bonchev–Trinajstić information content (AvgIpc) is 2.31. The van der Waals surface area contributed by atoms with Crippen LogP contribution in [-0.4, -0.2) is 32.2 Å². The van der Waals surface area contributed by atoms with Crippen LogP contribution in [-0.2, 0) is 10.8 Å². The number of nitrogen functional groups attached to an aromatic ring is 1. The predicted molar refractivity (Wildman–Crippen MR) is 71.2 cm³/mol. The minimum absolute atomic E-state index is 0.178. The normalized spacial score (nSPS) is 14.1. The van der Waals surface area contributed by atoms with Crippen molar-refractivity contribution < 1.29 is 4.21 Å². The molecule has 17 heavy (non-hydrogen) atoms. The van der Waals surface area contributed by atoms with E-state index < -0.39 is 10.8 Å². The number of anilines is 2.